The summed E-state index contributed by atoms with van der Waals surface area (Å²) in [6.45, 7) is 4.84. The number of ether oxygens (including phenoxy) is 1. The summed E-state index contributed by atoms with van der Waals surface area (Å²) in [5.41, 5.74) is 0.963. The molecule has 21 heavy (non-hydrogen) atoms. The third-order valence-corrected chi connectivity index (χ3v) is 3.98. The van der Waals surface area contributed by atoms with Crippen LogP contribution in [0.5, 0.6) is 5.75 Å². The van der Waals surface area contributed by atoms with Gasteiger partial charge in [0.25, 0.3) is 0 Å². The number of methoxy groups -OCH3 is 1. The minimum absolute atomic E-state index is 0.190. The summed E-state index contributed by atoms with van der Waals surface area (Å²) in [5.74, 6) is 0.983. The van der Waals surface area contributed by atoms with Gasteiger partial charge in [-0.05, 0) is 31.9 Å². The highest BCUT2D eigenvalue weighted by Crippen LogP contribution is 2.19. The number of hydrogen-bond donors (Lipinski definition) is 1. The van der Waals surface area contributed by atoms with E-state index >= 15 is 0 Å². The lowest BCUT2D eigenvalue weighted by molar-refractivity contribution is -0.130. The predicted octanol–water partition coefficient (Wildman–Crippen LogP) is 2.23. The van der Waals surface area contributed by atoms with Crippen LogP contribution in [0.4, 0.5) is 0 Å². The van der Waals surface area contributed by atoms with Crippen molar-refractivity contribution in [1.82, 2.24) is 10.2 Å². The lowest BCUT2D eigenvalue weighted by Gasteiger charge is -2.26. The van der Waals surface area contributed by atoms with Crippen molar-refractivity contribution in [2.24, 2.45) is 0 Å². The number of rotatable bonds is 7. The summed E-state index contributed by atoms with van der Waals surface area (Å²) >= 11 is 0. The van der Waals surface area contributed by atoms with E-state index in [1.807, 2.05) is 29.2 Å². The third kappa shape index (κ3) is 4.46. The molecule has 1 amide bonds. The van der Waals surface area contributed by atoms with Crippen molar-refractivity contribution in [1.29, 1.82) is 0 Å². The Morgan fingerprint density at radius 1 is 1.43 bits per heavy atom. The number of nitrogens with one attached hydrogen (secondary N) is 1. The van der Waals surface area contributed by atoms with Crippen LogP contribution < -0.4 is 10.1 Å². The number of amides is 1. The van der Waals surface area contributed by atoms with E-state index in [4.69, 9.17) is 4.74 Å². The molecule has 0 radical (unpaired) electrons. The average Bonchev–Trinajstić information content (AvgIpc) is 3.00. The molecule has 1 N–H and O–H groups in total. The molecule has 0 bridgehead atoms. The van der Waals surface area contributed by atoms with Crippen molar-refractivity contribution < 1.29 is 9.53 Å². The van der Waals surface area contributed by atoms with E-state index in [0.29, 0.717) is 12.5 Å². The molecule has 1 unspecified atom stereocenters. The maximum Gasteiger partial charge on any atom is 0.227 e. The number of benzene rings is 1. The van der Waals surface area contributed by atoms with Crippen LogP contribution in [-0.4, -0.2) is 43.6 Å². The first-order chi connectivity index (χ1) is 10.2. The fraction of sp³-hybridized carbons (Fsp3) is 0.588. The van der Waals surface area contributed by atoms with E-state index in [0.717, 1.165) is 37.4 Å². The Labute approximate surface area is 127 Å². The van der Waals surface area contributed by atoms with E-state index in [1.165, 1.54) is 12.8 Å². The Morgan fingerprint density at radius 2 is 2.24 bits per heavy atom. The molecule has 0 saturated carbocycles. The minimum Gasteiger partial charge on any atom is -0.496 e. The molecular formula is C17H26N2O2. The van der Waals surface area contributed by atoms with Gasteiger partial charge in [0.05, 0.1) is 13.5 Å². The summed E-state index contributed by atoms with van der Waals surface area (Å²) < 4.78 is 5.34. The van der Waals surface area contributed by atoms with E-state index in [1.54, 1.807) is 7.11 Å². The first-order valence-corrected chi connectivity index (χ1v) is 7.87. The number of para-hydroxylation sites is 1. The summed E-state index contributed by atoms with van der Waals surface area (Å²) in [4.78, 5) is 14.6. The van der Waals surface area contributed by atoms with Crippen molar-refractivity contribution in [3.63, 3.8) is 0 Å². The SMILES string of the molecule is CCCN(CC1CCCN1)C(=O)Cc1ccccc1OC. The zero-order chi connectivity index (χ0) is 15.1. The van der Waals surface area contributed by atoms with Gasteiger partial charge in [-0.15, -0.1) is 0 Å². The van der Waals surface area contributed by atoms with Crippen LogP contribution >= 0.6 is 0 Å². The molecule has 2 rings (SSSR count). The molecular weight excluding hydrogens is 264 g/mol. The topological polar surface area (TPSA) is 41.6 Å². The Kier molecular flexibility index (Phi) is 6.05. The second-order valence-electron chi connectivity index (χ2n) is 5.62. The molecule has 1 aliphatic rings. The Morgan fingerprint density at radius 3 is 2.90 bits per heavy atom. The van der Waals surface area contributed by atoms with E-state index in [-0.39, 0.29) is 5.91 Å². The first kappa shape index (κ1) is 15.8. The molecule has 1 fully saturated rings. The number of nitrogens with zero attached hydrogens (tertiary/aromatic N) is 1. The number of hydrogen-bond acceptors (Lipinski definition) is 3. The summed E-state index contributed by atoms with van der Waals surface area (Å²) in [6, 6.07) is 8.21. The molecule has 0 aliphatic carbocycles. The highest BCUT2D eigenvalue weighted by atomic mass is 16.5. The standard InChI is InChI=1S/C17H26N2O2/c1-3-11-19(13-15-8-6-10-18-15)17(20)12-14-7-4-5-9-16(14)21-2/h4-5,7,9,15,18H,3,6,8,10-13H2,1-2H3. The van der Waals surface area contributed by atoms with Gasteiger partial charge in [-0.3, -0.25) is 4.79 Å². The Hall–Kier alpha value is -1.55. The molecule has 1 aromatic carbocycles. The fourth-order valence-electron chi connectivity index (χ4n) is 2.89. The number of carbonyl (C=O) groups excluding carboxylic acids is 1. The van der Waals surface area contributed by atoms with Gasteiger partial charge in [-0.2, -0.15) is 0 Å². The normalized spacial score (nSPS) is 17.7. The van der Waals surface area contributed by atoms with Crippen LogP contribution in [0.15, 0.2) is 24.3 Å². The second-order valence-corrected chi connectivity index (χ2v) is 5.62. The van der Waals surface area contributed by atoms with Gasteiger partial charge in [-0.1, -0.05) is 25.1 Å². The van der Waals surface area contributed by atoms with E-state index < -0.39 is 0 Å². The highest BCUT2D eigenvalue weighted by molar-refractivity contribution is 5.79. The third-order valence-electron chi connectivity index (χ3n) is 3.98. The zero-order valence-electron chi connectivity index (χ0n) is 13.1. The van der Waals surface area contributed by atoms with Crippen molar-refractivity contribution in [3.05, 3.63) is 29.8 Å². The Bertz CT molecular complexity index is 456. The van der Waals surface area contributed by atoms with Crippen molar-refractivity contribution in [3.8, 4) is 5.75 Å². The smallest absolute Gasteiger partial charge is 0.227 e. The monoisotopic (exact) mass is 290 g/mol. The quantitative estimate of drug-likeness (QED) is 0.837. The first-order valence-electron chi connectivity index (χ1n) is 7.87. The summed E-state index contributed by atoms with van der Waals surface area (Å²) in [7, 11) is 1.65. The summed E-state index contributed by atoms with van der Waals surface area (Å²) in [5, 5.41) is 3.47. The van der Waals surface area contributed by atoms with E-state index in [9.17, 15) is 4.79 Å². The van der Waals surface area contributed by atoms with Crippen LogP contribution in [0, 0.1) is 0 Å². The lowest BCUT2D eigenvalue weighted by atomic mass is 10.1. The van der Waals surface area contributed by atoms with Gasteiger partial charge in [0.1, 0.15) is 5.75 Å². The van der Waals surface area contributed by atoms with Crippen molar-refractivity contribution in [2.45, 2.75) is 38.6 Å². The summed E-state index contributed by atoms with van der Waals surface area (Å²) in [6.07, 6.45) is 3.79. The van der Waals surface area contributed by atoms with Gasteiger partial charge < -0.3 is 15.0 Å². The molecule has 4 heteroatoms. The van der Waals surface area contributed by atoms with Gasteiger partial charge in [0, 0.05) is 24.7 Å². The molecule has 1 aliphatic heterocycles. The average molecular weight is 290 g/mol. The molecule has 0 spiro atoms. The molecule has 116 valence electrons. The van der Waals surface area contributed by atoms with Crippen LogP contribution in [0.3, 0.4) is 0 Å². The largest absolute Gasteiger partial charge is 0.496 e. The van der Waals surface area contributed by atoms with Crippen LogP contribution in [0.2, 0.25) is 0 Å². The predicted molar refractivity (Wildman–Crippen MR) is 84.6 cm³/mol. The van der Waals surface area contributed by atoms with Crippen molar-refractivity contribution >= 4 is 5.91 Å². The highest BCUT2D eigenvalue weighted by Gasteiger charge is 2.21. The molecule has 1 atom stereocenters. The maximum atomic E-state index is 12.6. The van der Waals surface area contributed by atoms with Crippen molar-refractivity contribution in [2.75, 3.05) is 26.7 Å². The van der Waals surface area contributed by atoms with Gasteiger partial charge in [-0.25, -0.2) is 0 Å². The minimum atomic E-state index is 0.190. The zero-order valence-corrected chi connectivity index (χ0v) is 13.1. The fourth-order valence-corrected chi connectivity index (χ4v) is 2.89. The van der Waals surface area contributed by atoms with Gasteiger partial charge in [0.15, 0.2) is 0 Å². The van der Waals surface area contributed by atoms with Crippen LogP contribution in [-0.2, 0) is 11.2 Å². The molecule has 1 heterocycles. The van der Waals surface area contributed by atoms with Crippen LogP contribution in [0.25, 0.3) is 0 Å². The maximum absolute atomic E-state index is 12.6. The van der Waals surface area contributed by atoms with Crippen LogP contribution in [0.1, 0.15) is 31.7 Å². The Balaban J connectivity index is 2.00. The number of carbonyl (C=O) groups is 1. The molecule has 1 saturated heterocycles. The molecule has 0 aromatic heterocycles. The second kappa shape index (κ2) is 8.03. The van der Waals surface area contributed by atoms with Gasteiger partial charge >= 0.3 is 0 Å². The van der Waals surface area contributed by atoms with E-state index in [2.05, 4.69) is 12.2 Å². The molecule has 1 aromatic rings. The van der Waals surface area contributed by atoms with Gasteiger partial charge in [0.2, 0.25) is 5.91 Å². The molecule has 4 nitrogen and oxygen atoms in total. The lowest BCUT2D eigenvalue weighted by Crippen LogP contribution is -2.42.